The highest BCUT2D eigenvalue weighted by molar-refractivity contribution is 6.10. The smallest absolute Gasteiger partial charge is 0.160 e. The molecule has 2 aromatic heterocycles. The molecule has 0 unspecified atom stereocenters. The predicted molar refractivity (Wildman–Crippen MR) is 203 cm³/mol. The summed E-state index contributed by atoms with van der Waals surface area (Å²) in [5, 5.41) is 2.25. The fourth-order valence-corrected chi connectivity index (χ4v) is 7.98. The van der Waals surface area contributed by atoms with Gasteiger partial charge in [-0.15, -0.1) is 0 Å². The summed E-state index contributed by atoms with van der Waals surface area (Å²) >= 11 is 0. The normalized spacial score (nSPS) is 13.0. The van der Waals surface area contributed by atoms with Crippen molar-refractivity contribution in [1.82, 2.24) is 9.97 Å². The van der Waals surface area contributed by atoms with Gasteiger partial charge in [0.05, 0.1) is 16.8 Å². The summed E-state index contributed by atoms with van der Waals surface area (Å²) < 4.78 is 6.85. The lowest BCUT2D eigenvalue weighted by atomic mass is 9.67. The molecule has 0 aliphatic heterocycles. The van der Waals surface area contributed by atoms with Gasteiger partial charge in [0.25, 0.3) is 0 Å². The highest BCUT2D eigenvalue weighted by atomic mass is 16.3. The number of benzene rings is 7. The Balaban J connectivity index is 1.29. The minimum absolute atomic E-state index is 0.645. The van der Waals surface area contributed by atoms with Crippen molar-refractivity contribution in [3.8, 4) is 45.0 Å². The zero-order valence-corrected chi connectivity index (χ0v) is 27.1. The van der Waals surface area contributed by atoms with E-state index in [0.717, 1.165) is 50.0 Å². The zero-order valence-electron chi connectivity index (χ0n) is 27.1. The molecule has 3 heteroatoms. The van der Waals surface area contributed by atoms with E-state index >= 15 is 0 Å². The summed E-state index contributed by atoms with van der Waals surface area (Å²) in [6.45, 7) is 0. The van der Waals surface area contributed by atoms with Crippen molar-refractivity contribution in [3.05, 3.63) is 204 Å². The van der Waals surface area contributed by atoms with Crippen molar-refractivity contribution < 1.29 is 4.42 Å². The van der Waals surface area contributed by atoms with Crippen molar-refractivity contribution in [2.24, 2.45) is 0 Å². The Morgan fingerprint density at radius 2 is 0.980 bits per heavy atom. The quantitative estimate of drug-likeness (QED) is 0.188. The number of furan rings is 1. The van der Waals surface area contributed by atoms with Gasteiger partial charge in [0.1, 0.15) is 11.2 Å². The first kappa shape index (κ1) is 28.4. The molecule has 0 radical (unpaired) electrons. The third kappa shape index (κ3) is 4.23. The van der Waals surface area contributed by atoms with Gasteiger partial charge in [0, 0.05) is 33.0 Å². The summed E-state index contributed by atoms with van der Waals surface area (Å²) in [6.07, 6.45) is 0. The molecule has 1 aliphatic carbocycles. The fourth-order valence-electron chi connectivity index (χ4n) is 7.98. The zero-order chi connectivity index (χ0) is 33.1. The SMILES string of the molecule is c1ccc(-c2cc(-c3ccc4c(c3)C(c3ccccc3)(c3ccccc3)c3c-4ccc4c3oc3ccccc34)nc(-c3ccccc3)n2)cc1. The third-order valence-electron chi connectivity index (χ3n) is 10.2. The molecule has 3 nitrogen and oxygen atoms in total. The molecule has 0 N–H and O–H groups in total. The Labute approximate surface area is 290 Å². The van der Waals surface area contributed by atoms with Crippen LogP contribution in [0.4, 0.5) is 0 Å². The number of aromatic nitrogens is 2. The van der Waals surface area contributed by atoms with E-state index in [1.165, 1.54) is 33.4 Å². The number of fused-ring (bicyclic) bond motifs is 7. The molecule has 0 saturated carbocycles. The molecule has 9 aromatic rings. The molecule has 0 fully saturated rings. The van der Waals surface area contributed by atoms with E-state index in [4.69, 9.17) is 14.4 Å². The van der Waals surface area contributed by atoms with Crippen LogP contribution in [0.2, 0.25) is 0 Å². The first-order valence-electron chi connectivity index (χ1n) is 17.0. The maximum absolute atomic E-state index is 6.85. The molecule has 0 bridgehead atoms. The summed E-state index contributed by atoms with van der Waals surface area (Å²) in [6, 6.07) is 64.2. The Kier molecular flexibility index (Phi) is 6.40. The van der Waals surface area contributed by atoms with E-state index in [2.05, 4.69) is 152 Å². The molecule has 10 rings (SSSR count). The fraction of sp³-hybridized carbons (Fsp3) is 0.0213. The third-order valence-corrected chi connectivity index (χ3v) is 10.2. The number of hydrogen-bond acceptors (Lipinski definition) is 3. The molecule has 0 atom stereocenters. The molecule has 7 aromatic carbocycles. The summed E-state index contributed by atoms with van der Waals surface area (Å²) in [5.74, 6) is 0.701. The number of hydrogen-bond donors (Lipinski definition) is 0. The van der Waals surface area contributed by atoms with E-state index in [1.807, 2.05) is 30.3 Å². The van der Waals surface area contributed by atoms with E-state index in [9.17, 15) is 0 Å². The van der Waals surface area contributed by atoms with Gasteiger partial charge in [-0.05, 0) is 52.1 Å². The van der Waals surface area contributed by atoms with Gasteiger partial charge < -0.3 is 4.42 Å². The Bertz CT molecular complexity index is 2580. The topological polar surface area (TPSA) is 38.9 Å². The van der Waals surface area contributed by atoms with Crippen LogP contribution >= 0.6 is 0 Å². The van der Waals surface area contributed by atoms with Crippen LogP contribution in [0.5, 0.6) is 0 Å². The highest BCUT2D eigenvalue weighted by Gasteiger charge is 2.48. The van der Waals surface area contributed by atoms with Crippen molar-refractivity contribution in [3.63, 3.8) is 0 Å². The maximum Gasteiger partial charge on any atom is 0.160 e. The average molecular weight is 639 g/mol. The van der Waals surface area contributed by atoms with E-state index in [1.54, 1.807) is 0 Å². The first-order chi connectivity index (χ1) is 24.8. The maximum atomic E-state index is 6.85. The molecule has 0 spiro atoms. The van der Waals surface area contributed by atoms with Crippen LogP contribution in [0, 0.1) is 0 Å². The van der Waals surface area contributed by atoms with Crippen molar-refractivity contribution >= 4 is 21.9 Å². The number of para-hydroxylation sites is 1. The standard InChI is InChI=1S/C47H30N2O/c1-5-15-31(16-6-1)41-30-42(49-46(48-41)32-17-7-2-8-18-32)33-25-26-36-38-27-28-39-37-23-13-14-24-43(37)50-45(39)44(38)47(40(36)29-33,34-19-9-3-10-20-34)35-21-11-4-12-22-35/h1-30H. The first-order valence-corrected chi connectivity index (χ1v) is 17.0. The molecule has 2 heterocycles. The second kappa shape index (κ2) is 11.3. The van der Waals surface area contributed by atoms with Gasteiger partial charge in [-0.3, -0.25) is 0 Å². The summed E-state index contributed by atoms with van der Waals surface area (Å²) in [7, 11) is 0. The second-order valence-electron chi connectivity index (χ2n) is 12.9. The van der Waals surface area contributed by atoms with Crippen LogP contribution in [-0.2, 0) is 5.41 Å². The van der Waals surface area contributed by atoms with Gasteiger partial charge in [0.15, 0.2) is 5.82 Å². The largest absolute Gasteiger partial charge is 0.456 e. The Hall–Kier alpha value is -6.58. The van der Waals surface area contributed by atoms with Gasteiger partial charge >= 0.3 is 0 Å². The molecule has 0 amide bonds. The Morgan fingerprint density at radius 3 is 1.66 bits per heavy atom. The van der Waals surface area contributed by atoms with Crippen LogP contribution in [0.1, 0.15) is 22.3 Å². The van der Waals surface area contributed by atoms with Crippen LogP contribution in [-0.4, -0.2) is 9.97 Å². The van der Waals surface area contributed by atoms with E-state index in [-0.39, 0.29) is 0 Å². The highest BCUT2D eigenvalue weighted by Crippen LogP contribution is 2.59. The molecule has 234 valence electrons. The van der Waals surface area contributed by atoms with E-state index in [0.29, 0.717) is 5.82 Å². The van der Waals surface area contributed by atoms with Crippen molar-refractivity contribution in [2.45, 2.75) is 5.41 Å². The van der Waals surface area contributed by atoms with Crippen LogP contribution in [0.15, 0.2) is 186 Å². The minimum atomic E-state index is -0.645. The molecular formula is C47H30N2O. The van der Waals surface area contributed by atoms with Crippen LogP contribution in [0.3, 0.4) is 0 Å². The molecule has 50 heavy (non-hydrogen) atoms. The second-order valence-corrected chi connectivity index (χ2v) is 12.9. The van der Waals surface area contributed by atoms with E-state index < -0.39 is 5.41 Å². The lowest BCUT2D eigenvalue weighted by molar-refractivity contribution is 0.650. The monoisotopic (exact) mass is 638 g/mol. The van der Waals surface area contributed by atoms with Gasteiger partial charge in [-0.2, -0.15) is 0 Å². The molecule has 0 saturated heterocycles. The summed E-state index contributed by atoms with van der Waals surface area (Å²) in [5.41, 5.74) is 13.1. The van der Waals surface area contributed by atoms with Crippen molar-refractivity contribution in [2.75, 3.05) is 0 Å². The minimum Gasteiger partial charge on any atom is -0.456 e. The lowest BCUT2D eigenvalue weighted by Gasteiger charge is -2.34. The number of nitrogens with zero attached hydrogens (tertiary/aromatic N) is 2. The lowest BCUT2D eigenvalue weighted by Crippen LogP contribution is -2.28. The predicted octanol–water partition coefficient (Wildman–Crippen LogP) is 11.7. The van der Waals surface area contributed by atoms with Gasteiger partial charge in [0.2, 0.25) is 0 Å². The molecule has 1 aliphatic rings. The van der Waals surface area contributed by atoms with Crippen LogP contribution in [0.25, 0.3) is 67.0 Å². The van der Waals surface area contributed by atoms with Crippen molar-refractivity contribution in [1.29, 1.82) is 0 Å². The average Bonchev–Trinajstić information content (AvgIpc) is 3.73. The molecular weight excluding hydrogens is 609 g/mol. The Morgan fingerprint density at radius 1 is 0.420 bits per heavy atom. The van der Waals surface area contributed by atoms with Gasteiger partial charge in [-0.1, -0.05) is 158 Å². The van der Waals surface area contributed by atoms with Crippen LogP contribution < -0.4 is 0 Å². The summed E-state index contributed by atoms with van der Waals surface area (Å²) in [4.78, 5) is 10.3. The van der Waals surface area contributed by atoms with Gasteiger partial charge in [-0.25, -0.2) is 9.97 Å². The number of rotatable bonds is 5.